The third-order valence-electron chi connectivity index (χ3n) is 2.30. The van der Waals surface area contributed by atoms with Crippen LogP contribution in [0.2, 0.25) is 0 Å². The Labute approximate surface area is 68.8 Å². The van der Waals surface area contributed by atoms with E-state index in [1.807, 2.05) is 0 Å². The lowest BCUT2D eigenvalue weighted by Gasteiger charge is -2.13. The molecule has 0 N–H and O–H groups in total. The molecule has 0 radical (unpaired) electrons. The van der Waals surface area contributed by atoms with Crippen LogP contribution in [0.15, 0.2) is 0 Å². The van der Waals surface area contributed by atoms with E-state index >= 15 is 0 Å². The monoisotopic (exact) mass is 158 g/mol. The highest BCUT2D eigenvalue weighted by Gasteiger charge is 2.16. The Morgan fingerprint density at radius 3 is 2.50 bits per heavy atom. The second kappa shape index (κ2) is 4.27. The maximum atomic E-state index is 2.35. The van der Waals surface area contributed by atoms with Crippen LogP contribution >= 0.6 is 11.8 Å². The zero-order valence-corrected chi connectivity index (χ0v) is 7.91. The van der Waals surface area contributed by atoms with E-state index in [1.54, 1.807) is 0 Å². The normalized spacial score (nSPS) is 23.4. The quantitative estimate of drug-likeness (QED) is 0.606. The maximum absolute atomic E-state index is 2.35. The van der Waals surface area contributed by atoms with Gasteiger partial charge in [-0.1, -0.05) is 26.7 Å². The zero-order valence-electron chi connectivity index (χ0n) is 7.10. The fourth-order valence-corrected chi connectivity index (χ4v) is 2.90. The van der Waals surface area contributed by atoms with Gasteiger partial charge in [0, 0.05) is 10.5 Å². The molecule has 1 atom stereocenters. The topological polar surface area (TPSA) is 0 Å². The third-order valence-corrected chi connectivity index (χ3v) is 3.96. The van der Waals surface area contributed by atoms with Crippen molar-refractivity contribution in [1.82, 2.24) is 0 Å². The molecular formula is C9H18S. The molecule has 0 heterocycles. The summed E-state index contributed by atoms with van der Waals surface area (Å²) in [5, 5.41) is 1.90. The third kappa shape index (κ3) is 2.53. The summed E-state index contributed by atoms with van der Waals surface area (Å²) in [6, 6.07) is 0. The predicted molar refractivity (Wildman–Crippen MR) is 49.6 cm³/mol. The summed E-state index contributed by atoms with van der Waals surface area (Å²) >= 11 is 2.21. The van der Waals surface area contributed by atoms with Crippen molar-refractivity contribution in [2.75, 3.05) is 0 Å². The first-order valence-electron chi connectivity index (χ1n) is 4.48. The molecule has 1 rings (SSSR count). The lowest BCUT2D eigenvalue weighted by molar-refractivity contribution is 0.859. The first-order valence-corrected chi connectivity index (χ1v) is 5.42. The van der Waals surface area contributed by atoms with Crippen molar-refractivity contribution in [1.29, 1.82) is 0 Å². The van der Waals surface area contributed by atoms with Gasteiger partial charge in [0.15, 0.2) is 0 Å². The van der Waals surface area contributed by atoms with Crippen LogP contribution in [0.3, 0.4) is 0 Å². The molecule has 0 saturated heterocycles. The standard InChI is InChI=1S/C9H18S/c1-3-8(2)10-9-6-4-5-7-9/h8-9H,3-7H2,1-2H3/t8-/m1/s1. The molecule has 0 amide bonds. The van der Waals surface area contributed by atoms with Gasteiger partial charge < -0.3 is 0 Å². The fourth-order valence-electron chi connectivity index (χ4n) is 1.45. The molecular weight excluding hydrogens is 140 g/mol. The summed E-state index contributed by atoms with van der Waals surface area (Å²) in [5.41, 5.74) is 0. The maximum Gasteiger partial charge on any atom is 0.00497 e. The van der Waals surface area contributed by atoms with Crippen molar-refractivity contribution in [3.8, 4) is 0 Å². The van der Waals surface area contributed by atoms with E-state index in [4.69, 9.17) is 0 Å². The number of hydrogen-bond acceptors (Lipinski definition) is 1. The Morgan fingerprint density at radius 2 is 2.00 bits per heavy atom. The SMILES string of the molecule is CC[C@@H](C)SC1CCCC1. The molecule has 0 aliphatic heterocycles. The highest BCUT2D eigenvalue weighted by atomic mass is 32.2. The van der Waals surface area contributed by atoms with Gasteiger partial charge in [-0.05, 0) is 19.3 Å². The van der Waals surface area contributed by atoms with Gasteiger partial charge in [0.05, 0.1) is 0 Å². The molecule has 0 aromatic carbocycles. The van der Waals surface area contributed by atoms with E-state index in [1.165, 1.54) is 32.1 Å². The van der Waals surface area contributed by atoms with Crippen molar-refractivity contribution in [2.45, 2.75) is 56.5 Å². The molecule has 0 bridgehead atoms. The highest BCUT2D eigenvalue weighted by molar-refractivity contribution is 8.00. The summed E-state index contributed by atoms with van der Waals surface area (Å²) in [6.45, 7) is 4.63. The van der Waals surface area contributed by atoms with Crippen LogP contribution in [0.25, 0.3) is 0 Å². The first kappa shape index (κ1) is 8.45. The fraction of sp³-hybridized carbons (Fsp3) is 1.00. The molecule has 0 nitrogen and oxygen atoms in total. The van der Waals surface area contributed by atoms with Crippen LogP contribution in [0, 0.1) is 0 Å². The average molecular weight is 158 g/mol. The predicted octanol–water partition coefficient (Wildman–Crippen LogP) is 3.46. The van der Waals surface area contributed by atoms with E-state index in [0.717, 1.165) is 10.5 Å². The molecule has 60 valence electrons. The Kier molecular flexibility index (Phi) is 3.61. The molecule has 1 heteroatoms. The van der Waals surface area contributed by atoms with Crippen molar-refractivity contribution in [3.63, 3.8) is 0 Å². The Morgan fingerprint density at radius 1 is 1.40 bits per heavy atom. The van der Waals surface area contributed by atoms with E-state index < -0.39 is 0 Å². The van der Waals surface area contributed by atoms with Gasteiger partial charge in [0.1, 0.15) is 0 Å². The van der Waals surface area contributed by atoms with E-state index in [2.05, 4.69) is 25.6 Å². The van der Waals surface area contributed by atoms with Crippen LogP contribution in [0.5, 0.6) is 0 Å². The Hall–Kier alpha value is 0.350. The average Bonchev–Trinajstić information content (AvgIpc) is 2.40. The minimum Gasteiger partial charge on any atom is -0.155 e. The first-order chi connectivity index (χ1) is 4.83. The lowest BCUT2D eigenvalue weighted by atomic mass is 10.4. The molecule has 1 aliphatic rings. The van der Waals surface area contributed by atoms with Crippen molar-refractivity contribution >= 4 is 11.8 Å². The van der Waals surface area contributed by atoms with Crippen LogP contribution in [0.4, 0.5) is 0 Å². The summed E-state index contributed by atoms with van der Waals surface area (Å²) in [7, 11) is 0. The molecule has 10 heavy (non-hydrogen) atoms. The second-order valence-corrected chi connectivity index (χ2v) is 5.00. The van der Waals surface area contributed by atoms with Crippen molar-refractivity contribution < 1.29 is 0 Å². The van der Waals surface area contributed by atoms with Gasteiger partial charge in [-0.15, -0.1) is 0 Å². The summed E-state index contributed by atoms with van der Waals surface area (Å²) in [4.78, 5) is 0. The summed E-state index contributed by atoms with van der Waals surface area (Å²) in [5.74, 6) is 0. The number of hydrogen-bond donors (Lipinski definition) is 0. The molecule has 1 aliphatic carbocycles. The molecule has 0 spiro atoms. The van der Waals surface area contributed by atoms with Gasteiger partial charge in [-0.25, -0.2) is 0 Å². The lowest BCUT2D eigenvalue weighted by Crippen LogP contribution is -2.02. The molecule has 1 fully saturated rings. The van der Waals surface area contributed by atoms with Crippen LogP contribution in [-0.2, 0) is 0 Å². The Bertz CT molecular complexity index is 84.7. The number of rotatable bonds is 3. The minimum atomic E-state index is 0.892. The van der Waals surface area contributed by atoms with Crippen LogP contribution in [-0.4, -0.2) is 10.5 Å². The van der Waals surface area contributed by atoms with Gasteiger partial charge in [-0.3, -0.25) is 0 Å². The molecule has 0 unspecified atom stereocenters. The highest BCUT2D eigenvalue weighted by Crippen LogP contribution is 2.32. The van der Waals surface area contributed by atoms with E-state index in [0.29, 0.717) is 0 Å². The molecule has 1 saturated carbocycles. The minimum absolute atomic E-state index is 0.892. The van der Waals surface area contributed by atoms with Gasteiger partial charge in [0.2, 0.25) is 0 Å². The number of thioether (sulfide) groups is 1. The molecule has 0 aromatic heterocycles. The van der Waals surface area contributed by atoms with Crippen LogP contribution in [0.1, 0.15) is 46.0 Å². The van der Waals surface area contributed by atoms with E-state index in [-0.39, 0.29) is 0 Å². The van der Waals surface area contributed by atoms with Gasteiger partial charge >= 0.3 is 0 Å². The van der Waals surface area contributed by atoms with Crippen molar-refractivity contribution in [2.24, 2.45) is 0 Å². The summed E-state index contributed by atoms with van der Waals surface area (Å²) < 4.78 is 0. The zero-order chi connectivity index (χ0) is 7.40. The second-order valence-electron chi connectivity index (χ2n) is 3.26. The smallest absolute Gasteiger partial charge is 0.00497 e. The van der Waals surface area contributed by atoms with E-state index in [9.17, 15) is 0 Å². The van der Waals surface area contributed by atoms with Gasteiger partial charge in [-0.2, -0.15) is 11.8 Å². The van der Waals surface area contributed by atoms with Crippen LogP contribution < -0.4 is 0 Å². The molecule has 0 aromatic rings. The largest absolute Gasteiger partial charge is 0.155 e. The summed E-state index contributed by atoms with van der Waals surface area (Å²) in [6.07, 6.45) is 7.26. The Balaban J connectivity index is 2.11. The van der Waals surface area contributed by atoms with Gasteiger partial charge in [0.25, 0.3) is 0 Å². The van der Waals surface area contributed by atoms with Crippen molar-refractivity contribution in [3.05, 3.63) is 0 Å².